The van der Waals surface area contributed by atoms with Crippen LogP contribution in [0.1, 0.15) is 24.8 Å². The molecule has 2 heterocycles. The van der Waals surface area contributed by atoms with Gasteiger partial charge in [0.25, 0.3) is 0 Å². The summed E-state index contributed by atoms with van der Waals surface area (Å²) in [7, 11) is 0. The zero-order valence-electron chi connectivity index (χ0n) is 12.7. The van der Waals surface area contributed by atoms with Crippen molar-refractivity contribution in [1.82, 2.24) is 4.90 Å². The average molecular weight is 305 g/mol. The lowest BCUT2D eigenvalue weighted by Crippen LogP contribution is -2.50. The van der Waals surface area contributed by atoms with Crippen molar-refractivity contribution in [2.75, 3.05) is 26.6 Å². The second-order valence-corrected chi connectivity index (χ2v) is 6.43. The summed E-state index contributed by atoms with van der Waals surface area (Å²) in [6.45, 7) is 3.50. The first-order chi connectivity index (χ1) is 10.8. The molecule has 1 N–H and O–H groups in total. The lowest BCUT2D eigenvalue weighted by molar-refractivity contribution is -0.0538. The van der Waals surface area contributed by atoms with Gasteiger partial charge in [-0.05, 0) is 18.9 Å². The average Bonchev–Trinajstić information content (AvgIpc) is 3.17. The Morgan fingerprint density at radius 1 is 1.23 bits per heavy atom. The van der Waals surface area contributed by atoms with E-state index in [1.54, 1.807) is 0 Å². The Morgan fingerprint density at radius 2 is 2.18 bits per heavy atom. The van der Waals surface area contributed by atoms with Crippen LogP contribution in [0.15, 0.2) is 18.2 Å². The Balaban J connectivity index is 1.54. The topological polar surface area (TPSA) is 51.2 Å². The number of nitrogens with zero attached hydrogens (tertiary/aromatic N) is 1. The lowest BCUT2D eigenvalue weighted by Gasteiger charge is -2.40. The van der Waals surface area contributed by atoms with Gasteiger partial charge in [-0.3, -0.25) is 4.90 Å². The molecule has 3 unspecified atom stereocenters. The van der Waals surface area contributed by atoms with Gasteiger partial charge < -0.3 is 19.3 Å². The van der Waals surface area contributed by atoms with Crippen LogP contribution in [0, 0.1) is 5.92 Å². The quantitative estimate of drug-likeness (QED) is 0.922. The van der Waals surface area contributed by atoms with Gasteiger partial charge >= 0.3 is 0 Å². The van der Waals surface area contributed by atoms with Crippen molar-refractivity contribution >= 4 is 0 Å². The predicted molar refractivity (Wildman–Crippen MR) is 80.9 cm³/mol. The maximum Gasteiger partial charge on any atom is 0.231 e. The summed E-state index contributed by atoms with van der Waals surface area (Å²) in [5, 5.41) is 10.3. The van der Waals surface area contributed by atoms with Crippen molar-refractivity contribution in [2.24, 2.45) is 5.92 Å². The van der Waals surface area contributed by atoms with Crippen molar-refractivity contribution in [2.45, 2.75) is 38.0 Å². The van der Waals surface area contributed by atoms with Crippen LogP contribution in [0.25, 0.3) is 0 Å². The molecule has 0 spiro atoms. The molecule has 5 nitrogen and oxygen atoms in total. The lowest BCUT2D eigenvalue weighted by atomic mass is 9.94. The van der Waals surface area contributed by atoms with Crippen molar-refractivity contribution in [3.8, 4) is 11.5 Å². The molecule has 1 aromatic rings. The fourth-order valence-corrected chi connectivity index (χ4v) is 4.00. The minimum atomic E-state index is -0.185. The number of rotatable bonds is 3. The largest absolute Gasteiger partial charge is 0.454 e. The smallest absolute Gasteiger partial charge is 0.231 e. The molecular formula is C17H23NO4. The van der Waals surface area contributed by atoms with Crippen LogP contribution in [0.2, 0.25) is 0 Å². The van der Waals surface area contributed by atoms with Crippen molar-refractivity contribution in [3.05, 3.63) is 23.8 Å². The highest BCUT2D eigenvalue weighted by Crippen LogP contribution is 2.38. The number of para-hydroxylation sites is 1. The number of fused-ring (bicyclic) bond motifs is 1. The first-order valence-corrected chi connectivity index (χ1v) is 8.20. The molecule has 2 aliphatic heterocycles. The summed E-state index contributed by atoms with van der Waals surface area (Å²) in [6.07, 6.45) is 2.95. The van der Waals surface area contributed by atoms with E-state index >= 15 is 0 Å². The van der Waals surface area contributed by atoms with E-state index in [-0.39, 0.29) is 6.10 Å². The van der Waals surface area contributed by atoms with Gasteiger partial charge in [-0.2, -0.15) is 0 Å². The third-order valence-corrected chi connectivity index (χ3v) is 5.16. The zero-order chi connectivity index (χ0) is 14.9. The summed E-state index contributed by atoms with van der Waals surface area (Å²) in [4.78, 5) is 2.44. The molecule has 1 aromatic carbocycles. The van der Waals surface area contributed by atoms with Gasteiger partial charge in [0.1, 0.15) is 0 Å². The minimum Gasteiger partial charge on any atom is -0.454 e. The van der Waals surface area contributed by atoms with Gasteiger partial charge in [0.05, 0.1) is 19.3 Å². The number of aliphatic hydroxyl groups is 1. The number of ether oxygens (including phenoxy) is 3. The molecule has 22 heavy (non-hydrogen) atoms. The molecule has 2 fully saturated rings. The molecule has 3 atom stereocenters. The minimum absolute atomic E-state index is 0.185. The Hall–Kier alpha value is -1.30. The van der Waals surface area contributed by atoms with E-state index in [9.17, 15) is 5.11 Å². The normalized spacial score (nSPS) is 31.6. The molecule has 1 saturated carbocycles. The predicted octanol–water partition coefficient (Wildman–Crippen LogP) is 1.78. The van der Waals surface area contributed by atoms with Crippen LogP contribution in [0.3, 0.4) is 0 Å². The van der Waals surface area contributed by atoms with Gasteiger partial charge in [0.2, 0.25) is 6.79 Å². The summed E-state index contributed by atoms with van der Waals surface area (Å²) in [5.74, 6) is 2.04. The van der Waals surface area contributed by atoms with E-state index in [0.717, 1.165) is 56.0 Å². The number of aliphatic hydroxyl groups excluding tert-OH is 1. The van der Waals surface area contributed by atoms with Crippen LogP contribution in [-0.4, -0.2) is 48.7 Å². The highest BCUT2D eigenvalue weighted by molar-refractivity contribution is 5.48. The fraction of sp³-hybridized carbons (Fsp3) is 0.647. The van der Waals surface area contributed by atoms with Crippen LogP contribution in [-0.2, 0) is 11.3 Å². The van der Waals surface area contributed by atoms with E-state index < -0.39 is 0 Å². The first-order valence-electron chi connectivity index (χ1n) is 8.20. The van der Waals surface area contributed by atoms with Gasteiger partial charge in [-0.15, -0.1) is 0 Å². The Labute approximate surface area is 130 Å². The van der Waals surface area contributed by atoms with Gasteiger partial charge in [-0.25, -0.2) is 0 Å². The highest BCUT2D eigenvalue weighted by Gasteiger charge is 2.37. The van der Waals surface area contributed by atoms with Gasteiger partial charge in [-0.1, -0.05) is 18.6 Å². The number of morpholine rings is 1. The molecule has 0 bridgehead atoms. The molecular weight excluding hydrogens is 282 g/mol. The summed E-state index contributed by atoms with van der Waals surface area (Å²) < 4.78 is 16.8. The second kappa shape index (κ2) is 6.07. The molecule has 0 aromatic heterocycles. The monoisotopic (exact) mass is 305 g/mol. The molecule has 0 radical (unpaired) electrons. The van der Waals surface area contributed by atoms with E-state index in [1.165, 1.54) is 0 Å². The number of hydrogen-bond donors (Lipinski definition) is 1. The number of hydrogen-bond acceptors (Lipinski definition) is 5. The maximum atomic E-state index is 10.3. The number of benzene rings is 1. The summed E-state index contributed by atoms with van der Waals surface area (Å²) in [5.41, 5.74) is 1.16. The van der Waals surface area contributed by atoms with E-state index in [0.29, 0.717) is 25.4 Å². The van der Waals surface area contributed by atoms with Crippen LogP contribution in [0.4, 0.5) is 0 Å². The second-order valence-electron chi connectivity index (χ2n) is 6.43. The maximum absolute atomic E-state index is 10.3. The summed E-state index contributed by atoms with van der Waals surface area (Å²) >= 11 is 0. The van der Waals surface area contributed by atoms with Crippen molar-refractivity contribution in [1.29, 1.82) is 0 Å². The fourth-order valence-electron chi connectivity index (χ4n) is 4.00. The van der Waals surface area contributed by atoms with Crippen LogP contribution in [0.5, 0.6) is 11.5 Å². The van der Waals surface area contributed by atoms with Gasteiger partial charge in [0.15, 0.2) is 11.5 Å². The molecule has 1 saturated heterocycles. The Kier molecular flexibility index (Phi) is 3.94. The van der Waals surface area contributed by atoms with Gasteiger partial charge in [0, 0.05) is 30.6 Å². The molecule has 5 heteroatoms. The standard InChI is InChI=1S/C17H23NO4/c19-15-5-2-4-13(15)14-10-20-8-7-18(14)9-12-3-1-6-16-17(12)22-11-21-16/h1,3,6,13-15,19H,2,4-5,7-11H2. The Bertz CT molecular complexity index is 535. The van der Waals surface area contributed by atoms with Crippen molar-refractivity contribution in [3.63, 3.8) is 0 Å². The van der Waals surface area contributed by atoms with E-state index in [2.05, 4.69) is 11.0 Å². The molecule has 120 valence electrons. The first kappa shape index (κ1) is 14.3. The van der Waals surface area contributed by atoms with Crippen LogP contribution < -0.4 is 9.47 Å². The SMILES string of the molecule is OC1CCCC1C1COCCN1Cc1cccc2c1OCO2. The van der Waals surface area contributed by atoms with Crippen molar-refractivity contribution < 1.29 is 19.3 Å². The summed E-state index contributed by atoms with van der Waals surface area (Å²) in [6, 6.07) is 6.36. The molecule has 1 aliphatic carbocycles. The van der Waals surface area contributed by atoms with E-state index in [4.69, 9.17) is 14.2 Å². The van der Waals surface area contributed by atoms with Crippen LogP contribution >= 0.6 is 0 Å². The molecule has 4 rings (SSSR count). The highest BCUT2D eigenvalue weighted by atomic mass is 16.7. The third kappa shape index (κ3) is 2.57. The third-order valence-electron chi connectivity index (χ3n) is 5.16. The molecule has 3 aliphatic rings. The zero-order valence-corrected chi connectivity index (χ0v) is 12.7. The Morgan fingerprint density at radius 3 is 3.05 bits per heavy atom. The van der Waals surface area contributed by atoms with E-state index in [1.807, 2.05) is 12.1 Å². The molecule has 0 amide bonds.